The molecule has 2 aromatic carbocycles. The summed E-state index contributed by atoms with van der Waals surface area (Å²) in [5.74, 6) is -1.23. The molecule has 0 saturated heterocycles. The summed E-state index contributed by atoms with van der Waals surface area (Å²) >= 11 is 0. The van der Waals surface area contributed by atoms with Gasteiger partial charge >= 0.3 is 11.9 Å². The molecule has 1 unspecified atom stereocenters. The monoisotopic (exact) mass is 395 g/mol. The summed E-state index contributed by atoms with van der Waals surface area (Å²) in [7, 11) is 1.39. The number of nitrogens with zero attached hydrogens (tertiary/aromatic N) is 1. The molecule has 2 rings (SSSR count). The van der Waals surface area contributed by atoms with Gasteiger partial charge in [-0.15, -0.1) is 0 Å². The van der Waals surface area contributed by atoms with Crippen molar-refractivity contribution < 1.29 is 19.4 Å². The van der Waals surface area contributed by atoms with Gasteiger partial charge in [0.2, 0.25) is 0 Å². The fourth-order valence-corrected chi connectivity index (χ4v) is 3.43. The molecular weight excluding hydrogens is 366 g/mol. The molecule has 0 aliphatic heterocycles. The Hall–Kier alpha value is -2.92. The summed E-state index contributed by atoms with van der Waals surface area (Å²) in [5.41, 5.74) is 2.32. The predicted molar refractivity (Wildman–Crippen MR) is 113 cm³/mol. The van der Waals surface area contributed by atoms with E-state index < -0.39 is 5.97 Å². The number of esters is 1. The Morgan fingerprint density at radius 3 is 2.28 bits per heavy atom. The zero-order valence-corrected chi connectivity index (χ0v) is 17.0. The second-order valence-electron chi connectivity index (χ2n) is 7.00. The average molecular weight is 395 g/mol. The van der Waals surface area contributed by atoms with E-state index in [9.17, 15) is 9.59 Å². The minimum atomic E-state index is -0.965. The first-order valence-corrected chi connectivity index (χ1v) is 9.82. The predicted octanol–water partition coefficient (Wildman–Crippen LogP) is 4.60. The highest BCUT2D eigenvalue weighted by molar-refractivity contribution is 5.79. The fourth-order valence-electron chi connectivity index (χ4n) is 3.43. The standard InChI is InChI=1S/C24H29NO4/c1-19(21-13-7-4-8-14-21)25(18-20-11-5-3-6-12-20)22(17-24(28)29-2)15-9-10-16-23(26)27/h3-8,10-14,16,19,22H,9,15,17-18H2,1-2H3,(H,26,27)/b16-10+/t19-,22?/m1/s1. The van der Waals surface area contributed by atoms with Gasteiger partial charge in [0.25, 0.3) is 0 Å². The fraction of sp³-hybridized carbons (Fsp3) is 0.333. The van der Waals surface area contributed by atoms with Gasteiger partial charge in [-0.2, -0.15) is 0 Å². The molecule has 0 aromatic heterocycles. The number of rotatable bonds is 11. The van der Waals surface area contributed by atoms with E-state index in [0.717, 1.165) is 11.6 Å². The van der Waals surface area contributed by atoms with E-state index in [4.69, 9.17) is 9.84 Å². The molecule has 5 heteroatoms. The van der Waals surface area contributed by atoms with Crippen molar-refractivity contribution in [1.82, 2.24) is 4.90 Å². The second kappa shape index (κ2) is 11.8. The quantitative estimate of drug-likeness (QED) is 0.445. The summed E-state index contributed by atoms with van der Waals surface area (Å²) < 4.78 is 4.93. The number of hydrogen-bond donors (Lipinski definition) is 1. The molecular formula is C24H29NO4. The highest BCUT2D eigenvalue weighted by atomic mass is 16.5. The number of carbonyl (C=O) groups is 2. The maximum absolute atomic E-state index is 12.1. The van der Waals surface area contributed by atoms with Gasteiger partial charge < -0.3 is 9.84 Å². The van der Waals surface area contributed by atoms with Crippen LogP contribution in [0.2, 0.25) is 0 Å². The molecule has 0 radical (unpaired) electrons. The van der Waals surface area contributed by atoms with Crippen molar-refractivity contribution in [2.75, 3.05) is 7.11 Å². The van der Waals surface area contributed by atoms with E-state index >= 15 is 0 Å². The van der Waals surface area contributed by atoms with Crippen molar-refractivity contribution in [3.8, 4) is 0 Å². The maximum Gasteiger partial charge on any atom is 0.327 e. The lowest BCUT2D eigenvalue weighted by Gasteiger charge is -2.36. The van der Waals surface area contributed by atoms with Gasteiger partial charge in [0.05, 0.1) is 13.5 Å². The molecule has 2 atom stereocenters. The smallest absolute Gasteiger partial charge is 0.327 e. The van der Waals surface area contributed by atoms with E-state index in [-0.39, 0.29) is 24.5 Å². The number of benzene rings is 2. The SMILES string of the molecule is COC(=O)CC(CC/C=C/C(=O)O)N(Cc1ccccc1)[C@H](C)c1ccccc1. The summed E-state index contributed by atoms with van der Waals surface area (Å²) in [6.45, 7) is 2.82. The van der Waals surface area contributed by atoms with Crippen LogP contribution in [0.5, 0.6) is 0 Å². The Labute approximate surface area is 172 Å². The number of carboxylic acids is 1. The van der Waals surface area contributed by atoms with Crippen LogP contribution in [-0.4, -0.2) is 35.1 Å². The first-order valence-electron chi connectivity index (χ1n) is 9.82. The average Bonchev–Trinajstić information content (AvgIpc) is 2.74. The Balaban J connectivity index is 2.30. The zero-order valence-electron chi connectivity index (χ0n) is 17.0. The molecule has 29 heavy (non-hydrogen) atoms. The van der Waals surface area contributed by atoms with Crippen LogP contribution >= 0.6 is 0 Å². The van der Waals surface area contributed by atoms with Gasteiger partial charge in [-0.3, -0.25) is 9.69 Å². The first kappa shape index (κ1) is 22.4. The lowest BCUT2D eigenvalue weighted by Crippen LogP contribution is -2.38. The first-order chi connectivity index (χ1) is 14.0. The topological polar surface area (TPSA) is 66.8 Å². The highest BCUT2D eigenvalue weighted by Crippen LogP contribution is 2.28. The van der Waals surface area contributed by atoms with Crippen LogP contribution < -0.4 is 0 Å². The molecule has 0 heterocycles. The van der Waals surface area contributed by atoms with E-state index in [2.05, 4.69) is 36.1 Å². The molecule has 5 nitrogen and oxygen atoms in total. The third kappa shape index (κ3) is 7.54. The number of carboxylic acid groups (broad SMARTS) is 1. The number of methoxy groups -OCH3 is 1. The van der Waals surface area contributed by atoms with Crippen LogP contribution in [0.3, 0.4) is 0 Å². The Morgan fingerprint density at radius 1 is 1.07 bits per heavy atom. The molecule has 154 valence electrons. The van der Waals surface area contributed by atoms with Gasteiger partial charge in [0.1, 0.15) is 0 Å². The van der Waals surface area contributed by atoms with Gasteiger partial charge in [-0.25, -0.2) is 4.79 Å². The summed E-state index contributed by atoms with van der Waals surface area (Å²) in [6.07, 6.45) is 4.27. The number of allylic oxidation sites excluding steroid dienone is 1. The van der Waals surface area contributed by atoms with Crippen molar-refractivity contribution in [1.29, 1.82) is 0 Å². The van der Waals surface area contributed by atoms with E-state index in [1.165, 1.54) is 12.7 Å². The van der Waals surface area contributed by atoms with Gasteiger partial charge in [-0.05, 0) is 30.9 Å². The minimum absolute atomic E-state index is 0.0783. The lowest BCUT2D eigenvalue weighted by molar-refractivity contribution is -0.142. The Morgan fingerprint density at radius 2 is 1.69 bits per heavy atom. The molecule has 0 amide bonds. The lowest BCUT2D eigenvalue weighted by atomic mass is 9.98. The maximum atomic E-state index is 12.1. The van der Waals surface area contributed by atoms with Crippen LogP contribution in [0.4, 0.5) is 0 Å². The molecule has 0 bridgehead atoms. The highest BCUT2D eigenvalue weighted by Gasteiger charge is 2.27. The van der Waals surface area contributed by atoms with Crippen molar-refractivity contribution in [3.05, 3.63) is 83.9 Å². The van der Waals surface area contributed by atoms with Gasteiger partial charge in [-0.1, -0.05) is 66.7 Å². The third-order valence-corrected chi connectivity index (χ3v) is 5.01. The molecule has 2 aromatic rings. The number of ether oxygens (including phenoxy) is 1. The van der Waals surface area contributed by atoms with E-state index in [1.54, 1.807) is 6.08 Å². The van der Waals surface area contributed by atoms with E-state index in [0.29, 0.717) is 19.4 Å². The van der Waals surface area contributed by atoms with Gasteiger partial charge in [0.15, 0.2) is 0 Å². The van der Waals surface area contributed by atoms with Crippen molar-refractivity contribution in [2.45, 2.75) is 44.8 Å². The minimum Gasteiger partial charge on any atom is -0.478 e. The zero-order chi connectivity index (χ0) is 21.1. The largest absolute Gasteiger partial charge is 0.478 e. The second-order valence-corrected chi connectivity index (χ2v) is 7.00. The third-order valence-electron chi connectivity index (χ3n) is 5.01. The van der Waals surface area contributed by atoms with E-state index in [1.807, 2.05) is 36.4 Å². The van der Waals surface area contributed by atoms with Crippen molar-refractivity contribution in [3.63, 3.8) is 0 Å². The molecule has 0 aliphatic rings. The van der Waals surface area contributed by atoms with Gasteiger partial charge in [0, 0.05) is 24.7 Å². The molecule has 0 aliphatic carbocycles. The van der Waals surface area contributed by atoms with Crippen LogP contribution in [0, 0.1) is 0 Å². The molecule has 0 fully saturated rings. The molecule has 0 saturated carbocycles. The Kier molecular flexibility index (Phi) is 9.12. The molecule has 0 spiro atoms. The number of carbonyl (C=O) groups excluding carboxylic acids is 1. The van der Waals surface area contributed by atoms with Crippen molar-refractivity contribution in [2.24, 2.45) is 0 Å². The van der Waals surface area contributed by atoms with Crippen molar-refractivity contribution >= 4 is 11.9 Å². The molecule has 1 N–H and O–H groups in total. The van der Waals surface area contributed by atoms with Crippen LogP contribution in [-0.2, 0) is 20.9 Å². The Bertz CT molecular complexity index is 789. The number of aliphatic carboxylic acids is 1. The summed E-state index contributed by atoms with van der Waals surface area (Å²) in [5, 5.41) is 8.83. The summed E-state index contributed by atoms with van der Waals surface area (Å²) in [4.78, 5) is 25.2. The van der Waals surface area contributed by atoms with Crippen LogP contribution in [0.25, 0.3) is 0 Å². The summed E-state index contributed by atoms with van der Waals surface area (Å²) in [6, 6.07) is 20.3. The normalized spacial score (nSPS) is 13.3. The van der Waals surface area contributed by atoms with Crippen LogP contribution in [0.15, 0.2) is 72.8 Å². The number of hydrogen-bond acceptors (Lipinski definition) is 4. The van der Waals surface area contributed by atoms with Crippen LogP contribution in [0.1, 0.15) is 43.4 Å².